The molecule has 1 atom stereocenters. The lowest BCUT2D eigenvalue weighted by atomic mass is 10.2. The summed E-state index contributed by atoms with van der Waals surface area (Å²) in [5, 5.41) is 11.6. The van der Waals surface area contributed by atoms with E-state index in [1.54, 1.807) is 6.07 Å². The summed E-state index contributed by atoms with van der Waals surface area (Å²) in [5.41, 5.74) is -0.0511. The fourth-order valence-corrected chi connectivity index (χ4v) is 3.04. The summed E-state index contributed by atoms with van der Waals surface area (Å²) >= 11 is 3.19. The van der Waals surface area contributed by atoms with E-state index in [-0.39, 0.29) is 22.1 Å². The molecule has 7 heteroatoms. The predicted octanol–water partition coefficient (Wildman–Crippen LogP) is 1.78. The third-order valence-electron chi connectivity index (χ3n) is 2.25. The van der Waals surface area contributed by atoms with Crippen LogP contribution in [-0.4, -0.2) is 33.5 Å². The molecular formula is C12H14BrNO4S. The normalized spacial score (nSPS) is 11.9. The molecule has 1 aromatic rings. The van der Waals surface area contributed by atoms with Gasteiger partial charge in [0.1, 0.15) is 5.75 Å². The Morgan fingerprint density at radius 3 is 2.68 bits per heavy atom. The van der Waals surface area contributed by atoms with Crippen molar-refractivity contribution in [3.05, 3.63) is 28.2 Å². The van der Waals surface area contributed by atoms with Gasteiger partial charge in [0.15, 0.2) is 0 Å². The summed E-state index contributed by atoms with van der Waals surface area (Å²) in [5.74, 6) is -1.75. The summed E-state index contributed by atoms with van der Waals surface area (Å²) in [6.45, 7) is 2.42. The van der Waals surface area contributed by atoms with Gasteiger partial charge in [-0.15, -0.1) is 0 Å². The van der Waals surface area contributed by atoms with E-state index in [1.807, 2.05) is 6.92 Å². The second-order valence-electron chi connectivity index (χ2n) is 3.79. The Hall–Kier alpha value is -1.21. The van der Waals surface area contributed by atoms with Crippen molar-refractivity contribution in [3.63, 3.8) is 0 Å². The maximum Gasteiger partial charge on any atom is 0.336 e. The molecule has 19 heavy (non-hydrogen) atoms. The minimum atomic E-state index is -1.68. The van der Waals surface area contributed by atoms with Crippen LogP contribution in [0.3, 0.4) is 0 Å². The Morgan fingerprint density at radius 1 is 1.42 bits per heavy atom. The molecule has 2 N–H and O–H groups in total. The Balaban J connectivity index is 2.90. The monoisotopic (exact) mass is 347 g/mol. The van der Waals surface area contributed by atoms with Gasteiger partial charge in [0, 0.05) is 11.0 Å². The molecule has 0 bridgehead atoms. The van der Waals surface area contributed by atoms with Gasteiger partial charge in [-0.05, 0) is 24.6 Å². The average molecular weight is 348 g/mol. The number of aromatic carboxylic acids is 1. The number of carboxylic acids is 1. The summed E-state index contributed by atoms with van der Waals surface area (Å²) in [7, 11) is -1.68. The molecule has 0 aliphatic heterocycles. The lowest BCUT2D eigenvalue weighted by molar-refractivity contribution is -0.118. The Bertz CT molecular complexity index is 518. The molecule has 1 aromatic carbocycles. The highest BCUT2D eigenvalue weighted by Gasteiger charge is 2.18. The minimum Gasteiger partial charge on any atom is -0.478 e. The maximum atomic E-state index is 12.1. The van der Waals surface area contributed by atoms with Gasteiger partial charge in [-0.25, -0.2) is 4.79 Å². The van der Waals surface area contributed by atoms with Crippen molar-refractivity contribution in [1.82, 2.24) is 5.32 Å². The zero-order chi connectivity index (χ0) is 14.4. The molecule has 104 valence electrons. The summed E-state index contributed by atoms with van der Waals surface area (Å²) in [6.07, 6.45) is 0.787. The van der Waals surface area contributed by atoms with Crippen LogP contribution in [0.25, 0.3) is 0 Å². The van der Waals surface area contributed by atoms with Crippen molar-refractivity contribution in [2.24, 2.45) is 0 Å². The molecule has 0 aromatic heterocycles. The van der Waals surface area contributed by atoms with Crippen molar-refractivity contribution >= 4 is 38.6 Å². The molecule has 1 rings (SSSR count). The summed E-state index contributed by atoms with van der Waals surface area (Å²) < 4.78 is 12.7. The highest BCUT2D eigenvalue weighted by Crippen LogP contribution is 2.20. The Kier molecular flexibility index (Phi) is 6.17. The second kappa shape index (κ2) is 7.40. The maximum absolute atomic E-state index is 12.1. The molecule has 0 spiro atoms. The minimum absolute atomic E-state index is 0.0511. The molecular weight excluding hydrogens is 334 g/mol. The molecule has 0 aliphatic rings. The van der Waals surface area contributed by atoms with Crippen LogP contribution in [-0.2, 0) is 15.6 Å². The zero-order valence-electron chi connectivity index (χ0n) is 10.3. The van der Waals surface area contributed by atoms with Crippen LogP contribution >= 0.6 is 15.9 Å². The van der Waals surface area contributed by atoms with Crippen molar-refractivity contribution in [2.75, 3.05) is 12.3 Å². The number of carbonyl (C=O) groups excluding carboxylic acids is 1. The lowest BCUT2D eigenvalue weighted by Gasteiger charge is -2.07. The number of carboxylic acid groups (broad SMARTS) is 1. The van der Waals surface area contributed by atoms with Crippen LogP contribution in [0, 0.1) is 0 Å². The van der Waals surface area contributed by atoms with Gasteiger partial charge in [-0.1, -0.05) is 22.9 Å². The van der Waals surface area contributed by atoms with E-state index in [0.717, 1.165) is 6.42 Å². The summed E-state index contributed by atoms with van der Waals surface area (Å²) in [4.78, 5) is 22.7. The molecule has 1 unspecified atom stereocenters. The molecule has 5 nitrogen and oxygen atoms in total. The number of hydrogen-bond acceptors (Lipinski definition) is 3. The molecule has 0 heterocycles. The van der Waals surface area contributed by atoms with Crippen molar-refractivity contribution in [1.29, 1.82) is 0 Å². The van der Waals surface area contributed by atoms with Crippen LogP contribution in [0.2, 0.25) is 0 Å². The van der Waals surface area contributed by atoms with Crippen molar-refractivity contribution < 1.29 is 18.9 Å². The topological polar surface area (TPSA) is 83.5 Å². The highest BCUT2D eigenvalue weighted by atomic mass is 79.9. The first kappa shape index (κ1) is 15.8. The van der Waals surface area contributed by atoms with Crippen LogP contribution in [0.1, 0.15) is 23.7 Å². The standard InChI is InChI=1S/C12H14BrNO4S/c1-2-5-14-11(15)7-19(18)10-6-8(13)3-4-9(10)12(16)17/h3-4,6H,2,5,7H2,1H3,(H,14,15)(H,16,17). The third kappa shape index (κ3) is 4.76. The smallest absolute Gasteiger partial charge is 0.336 e. The number of nitrogens with one attached hydrogen (secondary N) is 1. The van der Waals surface area contributed by atoms with E-state index >= 15 is 0 Å². The van der Waals surface area contributed by atoms with Crippen LogP contribution in [0.15, 0.2) is 27.6 Å². The zero-order valence-corrected chi connectivity index (χ0v) is 12.7. The molecule has 0 fully saturated rings. The first-order chi connectivity index (χ1) is 8.95. The van der Waals surface area contributed by atoms with E-state index in [0.29, 0.717) is 11.0 Å². The van der Waals surface area contributed by atoms with Crippen molar-refractivity contribution in [3.8, 4) is 0 Å². The van der Waals surface area contributed by atoms with Crippen LogP contribution < -0.4 is 5.32 Å². The quantitative estimate of drug-likeness (QED) is 0.821. The number of amides is 1. The van der Waals surface area contributed by atoms with E-state index in [4.69, 9.17) is 5.11 Å². The average Bonchev–Trinajstić information content (AvgIpc) is 2.35. The second-order valence-corrected chi connectivity index (χ2v) is 6.12. The molecule has 0 saturated carbocycles. The van der Waals surface area contributed by atoms with Gasteiger partial charge >= 0.3 is 5.97 Å². The fraction of sp³-hybridized carbons (Fsp3) is 0.333. The van der Waals surface area contributed by atoms with Crippen LogP contribution in [0.5, 0.6) is 0 Å². The van der Waals surface area contributed by atoms with Gasteiger partial charge in [0.2, 0.25) is 5.91 Å². The molecule has 1 amide bonds. The number of rotatable bonds is 6. The van der Waals surface area contributed by atoms with E-state index in [1.165, 1.54) is 12.1 Å². The van der Waals surface area contributed by atoms with Crippen molar-refractivity contribution in [2.45, 2.75) is 18.2 Å². The van der Waals surface area contributed by atoms with Gasteiger partial charge < -0.3 is 10.4 Å². The first-order valence-corrected chi connectivity index (χ1v) is 7.74. The van der Waals surface area contributed by atoms with E-state index < -0.39 is 16.8 Å². The van der Waals surface area contributed by atoms with Gasteiger partial charge in [-0.3, -0.25) is 9.00 Å². The molecule has 0 saturated heterocycles. The molecule has 0 radical (unpaired) electrons. The number of carbonyl (C=O) groups is 2. The third-order valence-corrected chi connectivity index (χ3v) is 4.10. The number of hydrogen-bond donors (Lipinski definition) is 2. The van der Waals surface area contributed by atoms with E-state index in [2.05, 4.69) is 21.2 Å². The number of halogens is 1. The number of benzene rings is 1. The van der Waals surface area contributed by atoms with Gasteiger partial charge in [0.05, 0.1) is 21.3 Å². The van der Waals surface area contributed by atoms with E-state index in [9.17, 15) is 13.8 Å². The van der Waals surface area contributed by atoms with Gasteiger partial charge in [-0.2, -0.15) is 0 Å². The largest absolute Gasteiger partial charge is 0.478 e. The summed E-state index contributed by atoms with van der Waals surface area (Å²) in [6, 6.07) is 4.39. The SMILES string of the molecule is CCCNC(=O)CS(=O)c1cc(Br)ccc1C(=O)O. The van der Waals surface area contributed by atoms with Crippen LogP contribution in [0.4, 0.5) is 0 Å². The highest BCUT2D eigenvalue weighted by molar-refractivity contribution is 9.10. The predicted molar refractivity (Wildman–Crippen MR) is 75.7 cm³/mol. The Labute approximate surface area is 122 Å². The first-order valence-electron chi connectivity index (χ1n) is 5.63. The Morgan fingerprint density at radius 2 is 2.11 bits per heavy atom. The lowest BCUT2D eigenvalue weighted by Crippen LogP contribution is -2.29. The molecule has 0 aliphatic carbocycles. The fourth-order valence-electron chi connectivity index (χ4n) is 1.37. The van der Waals surface area contributed by atoms with Gasteiger partial charge in [0.25, 0.3) is 0 Å².